The predicted octanol–water partition coefficient (Wildman–Crippen LogP) is 1.91. The van der Waals surface area contributed by atoms with E-state index in [1.165, 1.54) is 5.56 Å². The van der Waals surface area contributed by atoms with Crippen LogP contribution in [0.3, 0.4) is 0 Å². The Morgan fingerprint density at radius 3 is 2.92 bits per heavy atom. The van der Waals surface area contributed by atoms with Crippen molar-refractivity contribution in [3.8, 4) is 12.3 Å². The van der Waals surface area contributed by atoms with E-state index in [9.17, 15) is 0 Å². The van der Waals surface area contributed by atoms with Gasteiger partial charge in [-0.3, -0.25) is 0 Å². The zero-order chi connectivity index (χ0) is 8.60. The lowest BCUT2D eigenvalue weighted by molar-refractivity contribution is 0.329. The van der Waals surface area contributed by atoms with Crippen LogP contribution in [-0.2, 0) is 10.3 Å². The highest BCUT2D eigenvalue weighted by Crippen LogP contribution is 2.37. The summed E-state index contributed by atoms with van der Waals surface area (Å²) in [5.74, 6) is 2.61. The first-order valence-corrected chi connectivity index (χ1v) is 3.96. The molecule has 0 radical (unpaired) electrons. The van der Waals surface area contributed by atoms with E-state index in [1.807, 2.05) is 24.3 Å². The Hall–Kier alpha value is -1.26. The average molecular weight is 158 g/mol. The molecule has 0 aromatic heterocycles. The smallest absolute Gasteiger partial charge is 0.114 e. The van der Waals surface area contributed by atoms with Crippen molar-refractivity contribution in [1.82, 2.24) is 0 Å². The van der Waals surface area contributed by atoms with Crippen molar-refractivity contribution in [2.24, 2.45) is 0 Å². The molecule has 1 atom stereocenters. The Labute approximate surface area is 72.4 Å². The molecule has 1 nitrogen and oxygen atoms in total. The third-order valence-corrected chi connectivity index (χ3v) is 2.22. The maximum Gasteiger partial charge on any atom is 0.114 e. The minimum atomic E-state index is -0.0626. The summed E-state index contributed by atoms with van der Waals surface area (Å²) < 4.78 is 5.31. The van der Waals surface area contributed by atoms with E-state index in [-0.39, 0.29) is 5.60 Å². The van der Waals surface area contributed by atoms with Gasteiger partial charge in [-0.25, -0.2) is 0 Å². The molecule has 1 aliphatic heterocycles. The van der Waals surface area contributed by atoms with E-state index in [0.29, 0.717) is 0 Å². The van der Waals surface area contributed by atoms with Crippen LogP contribution in [0.25, 0.3) is 0 Å². The molecule has 1 aromatic carbocycles. The Balaban J connectivity index is 2.40. The molecular formula is C11H10O. The largest absolute Gasteiger partial charge is 0.365 e. The van der Waals surface area contributed by atoms with Crippen LogP contribution in [0.15, 0.2) is 24.3 Å². The summed E-state index contributed by atoms with van der Waals surface area (Å²) in [5.41, 5.74) is 2.04. The summed E-state index contributed by atoms with van der Waals surface area (Å²) in [6.45, 7) is 2.88. The molecule has 60 valence electrons. The maximum absolute atomic E-state index is 5.31. The van der Waals surface area contributed by atoms with Crippen LogP contribution < -0.4 is 0 Å². The second-order valence-corrected chi connectivity index (χ2v) is 3.24. The maximum atomic E-state index is 5.31. The quantitative estimate of drug-likeness (QED) is 0.449. The average Bonchev–Trinajstić information content (AvgIpc) is 2.85. The predicted molar refractivity (Wildman–Crippen MR) is 47.7 cm³/mol. The van der Waals surface area contributed by atoms with Crippen molar-refractivity contribution in [2.75, 3.05) is 6.61 Å². The molecule has 12 heavy (non-hydrogen) atoms. The number of benzene rings is 1. The van der Waals surface area contributed by atoms with Crippen LogP contribution in [0.2, 0.25) is 0 Å². The summed E-state index contributed by atoms with van der Waals surface area (Å²) in [5, 5.41) is 0. The molecule has 1 aromatic rings. The lowest BCUT2D eigenvalue weighted by atomic mass is 10.0. The fraction of sp³-hybridized carbons (Fsp3) is 0.273. The van der Waals surface area contributed by atoms with Crippen LogP contribution in [0, 0.1) is 12.3 Å². The van der Waals surface area contributed by atoms with E-state index in [0.717, 1.165) is 12.2 Å². The normalized spacial score (nSPS) is 26.3. The van der Waals surface area contributed by atoms with Gasteiger partial charge in [0.25, 0.3) is 0 Å². The molecule has 1 heteroatoms. The van der Waals surface area contributed by atoms with Gasteiger partial charge in [0.1, 0.15) is 5.60 Å². The van der Waals surface area contributed by atoms with Crippen molar-refractivity contribution in [2.45, 2.75) is 12.5 Å². The van der Waals surface area contributed by atoms with Gasteiger partial charge in [0.2, 0.25) is 0 Å². The van der Waals surface area contributed by atoms with Gasteiger partial charge in [0, 0.05) is 5.56 Å². The SMILES string of the molecule is C#Cc1cccc(C2(C)CO2)c1. The monoisotopic (exact) mass is 158 g/mol. The highest BCUT2D eigenvalue weighted by molar-refractivity contribution is 5.38. The molecule has 0 spiro atoms. The first-order valence-electron chi connectivity index (χ1n) is 3.96. The van der Waals surface area contributed by atoms with E-state index in [4.69, 9.17) is 11.2 Å². The van der Waals surface area contributed by atoms with E-state index < -0.39 is 0 Å². The van der Waals surface area contributed by atoms with Crippen molar-refractivity contribution in [3.63, 3.8) is 0 Å². The molecule has 1 aliphatic rings. The number of hydrogen-bond acceptors (Lipinski definition) is 1. The fourth-order valence-corrected chi connectivity index (χ4v) is 1.21. The van der Waals surface area contributed by atoms with E-state index >= 15 is 0 Å². The third kappa shape index (κ3) is 1.11. The molecule has 0 aliphatic carbocycles. The van der Waals surface area contributed by atoms with Crippen LogP contribution >= 0.6 is 0 Å². The first kappa shape index (κ1) is 7.39. The van der Waals surface area contributed by atoms with Gasteiger partial charge in [-0.05, 0) is 24.6 Å². The molecule has 0 saturated carbocycles. The molecule has 0 N–H and O–H groups in total. The van der Waals surface area contributed by atoms with Crippen molar-refractivity contribution >= 4 is 0 Å². The van der Waals surface area contributed by atoms with Crippen molar-refractivity contribution < 1.29 is 4.74 Å². The minimum absolute atomic E-state index is 0.0626. The lowest BCUT2D eigenvalue weighted by Gasteiger charge is -2.04. The van der Waals surface area contributed by atoms with Crippen LogP contribution in [0.5, 0.6) is 0 Å². The summed E-state index contributed by atoms with van der Waals surface area (Å²) in [4.78, 5) is 0. The molecule has 1 fully saturated rings. The van der Waals surface area contributed by atoms with Gasteiger partial charge >= 0.3 is 0 Å². The standard InChI is InChI=1S/C11H10O/c1-3-9-5-4-6-10(7-9)11(2)8-12-11/h1,4-7H,8H2,2H3. The number of ether oxygens (including phenoxy) is 1. The van der Waals surface area contributed by atoms with Gasteiger partial charge in [0.15, 0.2) is 0 Å². The first-order chi connectivity index (χ1) is 5.74. The van der Waals surface area contributed by atoms with Gasteiger partial charge < -0.3 is 4.74 Å². The molecule has 1 saturated heterocycles. The molecule has 0 bridgehead atoms. The van der Waals surface area contributed by atoms with Gasteiger partial charge in [-0.1, -0.05) is 18.1 Å². The molecule has 1 heterocycles. The van der Waals surface area contributed by atoms with Crippen LogP contribution in [0.1, 0.15) is 18.1 Å². The topological polar surface area (TPSA) is 12.5 Å². The molecular weight excluding hydrogens is 148 g/mol. The second-order valence-electron chi connectivity index (χ2n) is 3.24. The van der Waals surface area contributed by atoms with E-state index in [2.05, 4.69) is 12.8 Å². The Morgan fingerprint density at radius 2 is 2.33 bits per heavy atom. The highest BCUT2D eigenvalue weighted by Gasteiger charge is 2.40. The number of rotatable bonds is 1. The van der Waals surface area contributed by atoms with Crippen LogP contribution in [0.4, 0.5) is 0 Å². The van der Waals surface area contributed by atoms with Gasteiger partial charge in [-0.15, -0.1) is 6.42 Å². The Kier molecular flexibility index (Phi) is 1.46. The third-order valence-electron chi connectivity index (χ3n) is 2.22. The summed E-state index contributed by atoms with van der Waals surface area (Å²) in [6, 6.07) is 7.95. The van der Waals surface area contributed by atoms with Crippen molar-refractivity contribution in [3.05, 3.63) is 35.4 Å². The number of hydrogen-bond donors (Lipinski definition) is 0. The molecule has 2 rings (SSSR count). The highest BCUT2D eigenvalue weighted by atomic mass is 16.6. The Bertz CT molecular complexity index is 342. The summed E-state index contributed by atoms with van der Waals surface area (Å²) >= 11 is 0. The van der Waals surface area contributed by atoms with Gasteiger partial charge in [0.05, 0.1) is 6.61 Å². The zero-order valence-corrected chi connectivity index (χ0v) is 7.00. The van der Waals surface area contributed by atoms with Crippen molar-refractivity contribution in [1.29, 1.82) is 0 Å². The molecule has 1 unspecified atom stereocenters. The summed E-state index contributed by atoms with van der Waals surface area (Å²) in [6.07, 6.45) is 5.29. The minimum Gasteiger partial charge on any atom is -0.365 e. The second kappa shape index (κ2) is 2.36. The zero-order valence-electron chi connectivity index (χ0n) is 7.00. The number of epoxide rings is 1. The van der Waals surface area contributed by atoms with E-state index in [1.54, 1.807) is 0 Å². The van der Waals surface area contributed by atoms with Gasteiger partial charge in [-0.2, -0.15) is 0 Å². The fourth-order valence-electron chi connectivity index (χ4n) is 1.21. The molecule has 0 amide bonds. The number of terminal acetylenes is 1. The Morgan fingerprint density at radius 1 is 1.58 bits per heavy atom. The lowest BCUT2D eigenvalue weighted by Crippen LogP contribution is -2.01. The summed E-state index contributed by atoms with van der Waals surface area (Å²) in [7, 11) is 0. The van der Waals surface area contributed by atoms with Crippen LogP contribution in [-0.4, -0.2) is 6.61 Å².